The van der Waals surface area contributed by atoms with Gasteiger partial charge < -0.3 is 14.6 Å². The topological polar surface area (TPSA) is 45.5 Å². The van der Waals surface area contributed by atoms with Gasteiger partial charge in [-0.25, -0.2) is 4.79 Å². The fourth-order valence-corrected chi connectivity index (χ4v) is 4.45. The van der Waals surface area contributed by atoms with Crippen LogP contribution >= 0.6 is 0 Å². The minimum atomic E-state index is -0.882. The zero-order valence-corrected chi connectivity index (χ0v) is 18.0. The van der Waals surface area contributed by atoms with E-state index < -0.39 is 5.97 Å². The summed E-state index contributed by atoms with van der Waals surface area (Å²) in [6.45, 7) is 1.57. The van der Waals surface area contributed by atoms with Crippen molar-refractivity contribution in [1.82, 2.24) is 9.47 Å². The van der Waals surface area contributed by atoms with E-state index in [0.717, 1.165) is 40.6 Å². The van der Waals surface area contributed by atoms with Crippen molar-refractivity contribution in [1.29, 1.82) is 0 Å². The van der Waals surface area contributed by atoms with Crippen LogP contribution in [0.3, 0.4) is 0 Å². The van der Waals surface area contributed by atoms with Crippen LogP contribution in [0.25, 0.3) is 10.9 Å². The van der Waals surface area contributed by atoms with E-state index in [2.05, 4.69) is 35.2 Å². The first-order chi connectivity index (χ1) is 15.1. The molecule has 0 bridgehead atoms. The van der Waals surface area contributed by atoms with E-state index in [4.69, 9.17) is 0 Å². The lowest BCUT2D eigenvalue weighted by Crippen LogP contribution is -2.18. The third-order valence-electron chi connectivity index (χ3n) is 5.75. The Balaban J connectivity index is 1.98. The molecule has 0 aliphatic carbocycles. The fraction of sp³-hybridized carbons (Fsp3) is 0.222. The average molecular weight is 413 g/mol. The second kappa shape index (κ2) is 9.19. The fourth-order valence-electron chi connectivity index (χ4n) is 4.45. The van der Waals surface area contributed by atoms with Crippen LogP contribution in [-0.2, 0) is 6.54 Å². The molecule has 0 atom stereocenters. The van der Waals surface area contributed by atoms with Crippen molar-refractivity contribution in [2.24, 2.45) is 0 Å². The molecule has 0 spiro atoms. The number of rotatable bonds is 8. The predicted octanol–water partition coefficient (Wildman–Crippen LogP) is 5.47. The standard InChI is InChI=1S/C27H28N2O2/c1-28(2)18-11-19-29-23-17-10-9-16-22(23)25(26(29)27(30)31)24(20-12-5-3-6-13-20)21-14-7-4-8-15-21/h3-10,12-17,24H,11,18-19H2,1-2H3,(H,30,31). The van der Waals surface area contributed by atoms with E-state index in [1.54, 1.807) is 0 Å². The summed E-state index contributed by atoms with van der Waals surface area (Å²) < 4.78 is 2.00. The molecule has 4 heteroatoms. The van der Waals surface area contributed by atoms with Crippen LogP contribution in [0.1, 0.15) is 39.5 Å². The van der Waals surface area contributed by atoms with Crippen molar-refractivity contribution in [3.8, 4) is 0 Å². The van der Waals surface area contributed by atoms with E-state index in [1.165, 1.54) is 0 Å². The van der Waals surface area contributed by atoms with Crippen LogP contribution in [0.2, 0.25) is 0 Å². The molecule has 0 aliphatic rings. The molecule has 158 valence electrons. The molecular weight excluding hydrogens is 384 g/mol. The number of hydrogen-bond donors (Lipinski definition) is 1. The Morgan fingerprint density at radius 3 is 1.97 bits per heavy atom. The third-order valence-corrected chi connectivity index (χ3v) is 5.75. The second-order valence-corrected chi connectivity index (χ2v) is 8.15. The van der Waals surface area contributed by atoms with Crippen LogP contribution in [-0.4, -0.2) is 41.2 Å². The Hall–Kier alpha value is -3.37. The van der Waals surface area contributed by atoms with Gasteiger partial charge in [0.1, 0.15) is 5.69 Å². The second-order valence-electron chi connectivity index (χ2n) is 8.15. The number of aryl methyl sites for hydroxylation is 1. The Bertz CT molecular complexity index is 1120. The molecule has 0 amide bonds. The van der Waals surface area contributed by atoms with Crippen molar-refractivity contribution in [3.63, 3.8) is 0 Å². The molecule has 0 radical (unpaired) electrons. The van der Waals surface area contributed by atoms with Gasteiger partial charge in [0, 0.05) is 28.9 Å². The Labute approximate surface area is 183 Å². The lowest BCUT2D eigenvalue weighted by Gasteiger charge is -2.20. The van der Waals surface area contributed by atoms with Gasteiger partial charge in [0.2, 0.25) is 0 Å². The zero-order valence-electron chi connectivity index (χ0n) is 18.0. The molecule has 0 fully saturated rings. The summed E-state index contributed by atoms with van der Waals surface area (Å²) in [5, 5.41) is 11.4. The highest BCUT2D eigenvalue weighted by molar-refractivity contribution is 5.99. The molecule has 31 heavy (non-hydrogen) atoms. The molecule has 0 saturated carbocycles. The molecular formula is C27H28N2O2. The van der Waals surface area contributed by atoms with Crippen molar-refractivity contribution in [2.75, 3.05) is 20.6 Å². The Kier molecular flexibility index (Phi) is 6.19. The van der Waals surface area contributed by atoms with Crippen molar-refractivity contribution in [3.05, 3.63) is 107 Å². The molecule has 1 aromatic heterocycles. The number of benzene rings is 3. The smallest absolute Gasteiger partial charge is 0.352 e. The number of fused-ring (bicyclic) bond motifs is 1. The minimum Gasteiger partial charge on any atom is -0.477 e. The lowest BCUT2D eigenvalue weighted by molar-refractivity contribution is 0.0684. The van der Waals surface area contributed by atoms with Crippen molar-refractivity contribution in [2.45, 2.75) is 18.9 Å². The van der Waals surface area contributed by atoms with Crippen LogP contribution in [0.15, 0.2) is 84.9 Å². The van der Waals surface area contributed by atoms with E-state index in [0.29, 0.717) is 12.2 Å². The molecule has 1 heterocycles. The highest BCUT2D eigenvalue weighted by atomic mass is 16.4. The minimum absolute atomic E-state index is 0.159. The highest BCUT2D eigenvalue weighted by Gasteiger charge is 2.29. The molecule has 0 unspecified atom stereocenters. The molecule has 4 aromatic rings. The SMILES string of the molecule is CN(C)CCCn1c(C(=O)O)c(C(c2ccccc2)c2ccccc2)c2ccccc21. The van der Waals surface area contributed by atoms with Gasteiger partial charge in [-0.3, -0.25) is 0 Å². The largest absolute Gasteiger partial charge is 0.477 e. The predicted molar refractivity (Wildman–Crippen MR) is 126 cm³/mol. The van der Waals surface area contributed by atoms with Crippen LogP contribution in [0.4, 0.5) is 0 Å². The molecule has 0 saturated heterocycles. The van der Waals surface area contributed by atoms with Gasteiger partial charge in [0.05, 0.1) is 0 Å². The summed E-state index contributed by atoms with van der Waals surface area (Å²) in [6, 6.07) is 28.5. The van der Waals surface area contributed by atoms with Gasteiger partial charge >= 0.3 is 5.97 Å². The molecule has 4 nitrogen and oxygen atoms in total. The van der Waals surface area contributed by atoms with Gasteiger partial charge in [-0.15, -0.1) is 0 Å². The number of para-hydroxylation sites is 1. The number of aromatic nitrogens is 1. The van der Waals surface area contributed by atoms with Crippen LogP contribution in [0, 0.1) is 0 Å². The number of hydrogen-bond acceptors (Lipinski definition) is 2. The van der Waals surface area contributed by atoms with E-state index >= 15 is 0 Å². The molecule has 1 N–H and O–H groups in total. The Morgan fingerprint density at radius 2 is 1.42 bits per heavy atom. The maximum absolute atomic E-state index is 12.6. The number of nitrogens with zero attached hydrogens (tertiary/aromatic N) is 2. The molecule has 0 aliphatic heterocycles. The van der Waals surface area contributed by atoms with Gasteiger partial charge in [0.15, 0.2) is 0 Å². The monoisotopic (exact) mass is 412 g/mol. The summed E-state index contributed by atoms with van der Waals surface area (Å²) in [7, 11) is 4.08. The van der Waals surface area contributed by atoms with Crippen molar-refractivity contribution >= 4 is 16.9 Å². The molecule has 4 rings (SSSR count). The maximum atomic E-state index is 12.6. The van der Waals surface area contributed by atoms with Gasteiger partial charge in [-0.1, -0.05) is 78.9 Å². The summed E-state index contributed by atoms with van der Waals surface area (Å²) in [5.74, 6) is -1.04. The number of aromatic carboxylic acids is 1. The quantitative estimate of drug-likeness (QED) is 0.417. The normalized spacial score (nSPS) is 11.5. The third kappa shape index (κ3) is 4.25. The van der Waals surface area contributed by atoms with Crippen LogP contribution in [0.5, 0.6) is 0 Å². The first kappa shape index (κ1) is 20.9. The first-order valence-electron chi connectivity index (χ1n) is 10.7. The van der Waals surface area contributed by atoms with E-state index in [-0.39, 0.29) is 5.92 Å². The summed E-state index contributed by atoms with van der Waals surface area (Å²) in [5.41, 5.74) is 4.41. The van der Waals surface area contributed by atoms with Crippen molar-refractivity contribution < 1.29 is 9.90 Å². The van der Waals surface area contributed by atoms with Gasteiger partial charge in [0.25, 0.3) is 0 Å². The maximum Gasteiger partial charge on any atom is 0.352 e. The summed E-state index contributed by atoms with van der Waals surface area (Å²) in [6.07, 6.45) is 0.882. The Morgan fingerprint density at radius 1 is 0.871 bits per heavy atom. The summed E-state index contributed by atoms with van der Waals surface area (Å²) in [4.78, 5) is 14.8. The number of carboxylic acids is 1. The average Bonchev–Trinajstić information content (AvgIpc) is 3.10. The van der Waals surface area contributed by atoms with E-state index in [1.807, 2.05) is 73.3 Å². The van der Waals surface area contributed by atoms with Gasteiger partial charge in [-0.05, 0) is 44.3 Å². The van der Waals surface area contributed by atoms with Gasteiger partial charge in [-0.2, -0.15) is 0 Å². The van der Waals surface area contributed by atoms with E-state index in [9.17, 15) is 9.90 Å². The zero-order chi connectivity index (χ0) is 21.8. The number of carboxylic acid groups (broad SMARTS) is 1. The first-order valence-corrected chi connectivity index (χ1v) is 10.7. The highest BCUT2D eigenvalue weighted by Crippen LogP contribution is 2.40. The lowest BCUT2D eigenvalue weighted by atomic mass is 9.83. The summed E-state index contributed by atoms with van der Waals surface area (Å²) >= 11 is 0. The number of carbonyl (C=O) groups is 1. The van der Waals surface area contributed by atoms with Crippen LogP contribution < -0.4 is 0 Å². The molecule has 3 aromatic carbocycles.